The van der Waals surface area contributed by atoms with Crippen LogP contribution in [-0.4, -0.2) is 21.7 Å². The van der Waals surface area contributed by atoms with Gasteiger partial charge in [-0.2, -0.15) is 0 Å². The fraction of sp³-hybridized carbons (Fsp3) is 0.0645. The Hall–Kier alpha value is -3.77. The number of carbonyl (C=O) groups is 1. The van der Waals surface area contributed by atoms with Crippen molar-refractivity contribution in [1.82, 2.24) is 0 Å². The maximum atomic E-state index is 14.2. The number of anilines is 1. The number of para-hydroxylation sites is 1. The van der Waals surface area contributed by atoms with Gasteiger partial charge in [0.2, 0.25) is 0 Å². The number of hydrogen-bond acceptors (Lipinski definition) is 4. The summed E-state index contributed by atoms with van der Waals surface area (Å²) < 4.78 is 0. The Morgan fingerprint density at radius 3 is 1.95 bits per heavy atom. The van der Waals surface area contributed by atoms with Crippen LogP contribution in [0, 0.1) is 11.3 Å². The zero-order chi connectivity index (χ0) is 26.8. The van der Waals surface area contributed by atoms with Crippen LogP contribution < -0.4 is 4.90 Å². The summed E-state index contributed by atoms with van der Waals surface area (Å²) in [7, 11) is 0. The summed E-state index contributed by atoms with van der Waals surface area (Å²) in [5, 5.41) is 21.8. The molecule has 188 valence electrons. The highest BCUT2D eigenvalue weighted by atomic mass is 35.5. The Morgan fingerprint density at radius 1 is 0.816 bits per heavy atom. The van der Waals surface area contributed by atoms with Crippen LogP contribution in [0.1, 0.15) is 27.4 Å². The molecule has 1 heterocycles. The van der Waals surface area contributed by atoms with Crippen LogP contribution in [0.2, 0.25) is 10.0 Å². The first-order valence-corrected chi connectivity index (χ1v) is 13.1. The van der Waals surface area contributed by atoms with Gasteiger partial charge in [0, 0.05) is 38.4 Å². The number of aliphatic hydroxyl groups is 1. The van der Waals surface area contributed by atoms with Crippen LogP contribution in [-0.2, 0) is 0 Å². The minimum atomic E-state index is -0.943. The molecular weight excluding hydrogens is 535 g/mol. The fourth-order valence-corrected chi connectivity index (χ4v) is 5.77. The van der Waals surface area contributed by atoms with Crippen LogP contribution in [0.3, 0.4) is 0 Å². The summed E-state index contributed by atoms with van der Waals surface area (Å²) in [4.78, 5) is 16.0. The molecule has 1 aliphatic rings. The van der Waals surface area contributed by atoms with E-state index in [-0.39, 0.29) is 27.9 Å². The van der Waals surface area contributed by atoms with Crippen LogP contribution >= 0.6 is 35.4 Å². The molecule has 0 bridgehead atoms. The number of amidine groups is 1. The lowest BCUT2D eigenvalue weighted by Crippen LogP contribution is -2.51. The normalized spacial score (nSPS) is 18.8. The predicted molar refractivity (Wildman–Crippen MR) is 159 cm³/mol. The van der Waals surface area contributed by atoms with E-state index in [0.717, 1.165) is 0 Å². The number of nitrogens with zero attached hydrogens (tertiary/aromatic N) is 1. The van der Waals surface area contributed by atoms with Crippen molar-refractivity contribution in [2.75, 3.05) is 4.90 Å². The molecular formula is C31H22Cl2N2O2S. The fourth-order valence-electron chi connectivity index (χ4n) is 4.80. The highest BCUT2D eigenvalue weighted by molar-refractivity contribution is 7.80. The number of carbonyl (C=O) groups excluding carboxylic acids is 1. The van der Waals surface area contributed by atoms with Crippen LogP contribution in [0.25, 0.3) is 5.76 Å². The lowest BCUT2D eigenvalue weighted by molar-refractivity contribution is 0.0946. The van der Waals surface area contributed by atoms with Gasteiger partial charge in [-0.25, -0.2) is 0 Å². The molecule has 38 heavy (non-hydrogen) atoms. The van der Waals surface area contributed by atoms with Crippen molar-refractivity contribution < 1.29 is 9.90 Å². The summed E-state index contributed by atoms with van der Waals surface area (Å²) in [5.41, 5.74) is 2.38. The number of nitrogens with one attached hydrogen (secondary N) is 1. The van der Waals surface area contributed by atoms with Crippen molar-refractivity contribution in [3.8, 4) is 0 Å². The number of piperidine rings is 1. The van der Waals surface area contributed by atoms with Crippen molar-refractivity contribution in [1.29, 1.82) is 5.41 Å². The Morgan fingerprint density at radius 2 is 1.37 bits per heavy atom. The molecule has 7 heteroatoms. The van der Waals surface area contributed by atoms with Gasteiger partial charge in [0.1, 0.15) is 16.6 Å². The Kier molecular flexibility index (Phi) is 7.43. The third kappa shape index (κ3) is 4.76. The highest BCUT2D eigenvalue weighted by Crippen LogP contribution is 2.47. The lowest BCUT2D eigenvalue weighted by Gasteiger charge is -2.42. The lowest BCUT2D eigenvalue weighted by atomic mass is 9.72. The summed E-state index contributed by atoms with van der Waals surface area (Å²) in [6.45, 7) is 0. The number of hydrogen-bond donors (Lipinski definition) is 2. The monoisotopic (exact) mass is 556 g/mol. The first-order chi connectivity index (χ1) is 18.4. The molecule has 0 unspecified atom stereocenters. The first-order valence-electron chi connectivity index (χ1n) is 11.9. The van der Waals surface area contributed by atoms with E-state index in [9.17, 15) is 15.3 Å². The standard InChI is InChI=1S/C31H22Cl2N2O2S/c32-21-16-17-23(24(33)18-21)25-26(28(36)19-10-4-1-5-11-19)30(34)35(22-14-8-3-9-15-22)31(38)27(25)29(37)20-12-6-2-7-13-20/h1-18,25,27,34,36H/b28-26+,34-30?/t25-,27-/m1/s1. The van der Waals surface area contributed by atoms with Crippen LogP contribution in [0.4, 0.5) is 5.69 Å². The predicted octanol–water partition coefficient (Wildman–Crippen LogP) is 8.37. The van der Waals surface area contributed by atoms with Gasteiger partial charge in [-0.3, -0.25) is 15.1 Å². The number of aliphatic hydroxyl groups excluding tert-OH is 1. The largest absolute Gasteiger partial charge is 0.507 e. The molecule has 0 radical (unpaired) electrons. The molecule has 4 aromatic rings. The molecule has 2 N–H and O–H groups in total. The minimum absolute atomic E-state index is 0.0318. The maximum absolute atomic E-state index is 14.2. The molecule has 0 saturated carbocycles. The van der Waals surface area contributed by atoms with Gasteiger partial charge < -0.3 is 5.11 Å². The zero-order valence-electron chi connectivity index (χ0n) is 20.0. The second-order valence-corrected chi connectivity index (χ2v) is 10.1. The van der Waals surface area contributed by atoms with Gasteiger partial charge >= 0.3 is 0 Å². The zero-order valence-corrected chi connectivity index (χ0v) is 22.3. The van der Waals surface area contributed by atoms with Crippen molar-refractivity contribution in [3.05, 3.63) is 142 Å². The number of thiocarbonyl (C=S) groups is 1. The third-order valence-electron chi connectivity index (χ3n) is 6.56. The number of ketones is 1. The molecule has 0 aliphatic carbocycles. The first kappa shape index (κ1) is 25.9. The number of benzene rings is 4. The molecule has 0 aromatic heterocycles. The van der Waals surface area contributed by atoms with Gasteiger partial charge in [-0.1, -0.05) is 120 Å². The molecule has 2 atom stereocenters. The number of halogens is 2. The Labute approximate surface area is 236 Å². The van der Waals surface area contributed by atoms with E-state index in [2.05, 4.69) is 0 Å². The van der Waals surface area contributed by atoms with E-state index in [0.29, 0.717) is 32.4 Å². The van der Waals surface area contributed by atoms with Crippen molar-refractivity contribution in [2.45, 2.75) is 5.92 Å². The van der Waals surface area contributed by atoms with Gasteiger partial charge in [0.15, 0.2) is 5.78 Å². The van der Waals surface area contributed by atoms with Gasteiger partial charge in [-0.15, -0.1) is 0 Å². The molecule has 4 aromatic carbocycles. The van der Waals surface area contributed by atoms with Gasteiger partial charge in [-0.05, 0) is 29.8 Å². The third-order valence-corrected chi connectivity index (χ3v) is 7.56. The molecule has 1 saturated heterocycles. The summed E-state index contributed by atoms with van der Waals surface area (Å²) in [5.74, 6) is -2.18. The van der Waals surface area contributed by atoms with Gasteiger partial charge in [0.25, 0.3) is 0 Å². The van der Waals surface area contributed by atoms with Crippen LogP contribution in [0.5, 0.6) is 0 Å². The molecule has 0 amide bonds. The SMILES string of the molecule is N=C1/C(=C(/O)c2ccccc2)[C@@H](c2ccc(Cl)cc2Cl)[C@H](C(=O)c2ccccc2)C(=S)N1c1ccccc1. The average Bonchev–Trinajstić information content (AvgIpc) is 2.94. The van der Waals surface area contributed by atoms with E-state index in [1.165, 1.54) is 0 Å². The smallest absolute Gasteiger partial charge is 0.173 e. The maximum Gasteiger partial charge on any atom is 0.173 e. The molecule has 1 fully saturated rings. The summed E-state index contributed by atoms with van der Waals surface area (Å²) in [6, 6.07) is 32.0. The van der Waals surface area contributed by atoms with E-state index in [1.807, 2.05) is 42.5 Å². The quantitative estimate of drug-likeness (QED) is 0.147. The van der Waals surface area contributed by atoms with Crippen molar-refractivity contribution >= 4 is 63.5 Å². The minimum Gasteiger partial charge on any atom is -0.507 e. The number of Topliss-reactive ketones (excluding diaryl/α,β-unsaturated/α-hetero) is 1. The van der Waals surface area contributed by atoms with E-state index < -0.39 is 11.8 Å². The van der Waals surface area contributed by atoms with E-state index in [1.54, 1.807) is 71.6 Å². The van der Waals surface area contributed by atoms with E-state index >= 15 is 0 Å². The highest BCUT2D eigenvalue weighted by Gasteiger charge is 2.47. The second-order valence-electron chi connectivity index (χ2n) is 8.84. The topological polar surface area (TPSA) is 64.4 Å². The second kappa shape index (κ2) is 10.9. The molecule has 1 aliphatic heterocycles. The van der Waals surface area contributed by atoms with Crippen LogP contribution in [0.15, 0.2) is 115 Å². The van der Waals surface area contributed by atoms with Gasteiger partial charge in [0.05, 0.1) is 5.92 Å². The molecule has 0 spiro atoms. The molecule has 5 rings (SSSR count). The number of rotatable bonds is 5. The average molecular weight is 558 g/mol. The molecule has 4 nitrogen and oxygen atoms in total. The Bertz CT molecular complexity index is 1560. The van der Waals surface area contributed by atoms with E-state index in [4.69, 9.17) is 35.4 Å². The summed E-state index contributed by atoms with van der Waals surface area (Å²) in [6.07, 6.45) is 0. The van der Waals surface area contributed by atoms with Crippen molar-refractivity contribution in [3.63, 3.8) is 0 Å². The Balaban J connectivity index is 1.82. The summed E-state index contributed by atoms with van der Waals surface area (Å²) >= 11 is 18.9. The van der Waals surface area contributed by atoms with Crippen molar-refractivity contribution in [2.24, 2.45) is 5.92 Å².